The molecule has 0 aliphatic carbocycles. The van der Waals surface area contributed by atoms with E-state index >= 15 is 0 Å². The molecule has 0 saturated heterocycles. The molecule has 1 aliphatic rings. The minimum atomic E-state index is -0.0267. The molecule has 0 aromatic heterocycles. The van der Waals surface area contributed by atoms with Gasteiger partial charge in [0.05, 0.1) is 0 Å². The Balaban J connectivity index is 2.39. The summed E-state index contributed by atoms with van der Waals surface area (Å²) < 4.78 is 0. The summed E-state index contributed by atoms with van der Waals surface area (Å²) in [6.45, 7) is 9.27. The fourth-order valence-corrected chi connectivity index (χ4v) is 1.47. The summed E-state index contributed by atoms with van der Waals surface area (Å²) in [6, 6.07) is -0.0267. The van der Waals surface area contributed by atoms with Crippen molar-refractivity contribution >= 4 is 6.03 Å². The topological polar surface area (TPSA) is 32.3 Å². The van der Waals surface area contributed by atoms with Crippen LogP contribution in [0.5, 0.6) is 0 Å². The smallest absolute Gasteiger partial charge is 0.317 e. The summed E-state index contributed by atoms with van der Waals surface area (Å²) >= 11 is 0. The maximum Gasteiger partial charge on any atom is 0.317 e. The van der Waals surface area contributed by atoms with E-state index in [1.807, 2.05) is 12.2 Å². The van der Waals surface area contributed by atoms with Gasteiger partial charge >= 0.3 is 6.03 Å². The lowest BCUT2D eigenvalue weighted by Crippen LogP contribution is -2.42. The fourth-order valence-electron chi connectivity index (χ4n) is 1.47. The van der Waals surface area contributed by atoms with Crippen molar-refractivity contribution in [2.45, 2.75) is 6.42 Å². The average Bonchev–Trinajstić information content (AvgIpc) is 2.35. The van der Waals surface area contributed by atoms with Gasteiger partial charge < -0.3 is 10.2 Å². The number of carbonyl (C=O) groups excluding carboxylic acids is 1. The average molecular weight is 218 g/mol. The molecule has 0 aromatic carbocycles. The third-order valence-corrected chi connectivity index (χ3v) is 2.38. The molecule has 1 rings (SSSR count). The molecule has 3 nitrogen and oxygen atoms in total. The van der Waals surface area contributed by atoms with Crippen molar-refractivity contribution < 1.29 is 4.79 Å². The number of nitrogens with zero attached hydrogens (tertiary/aromatic N) is 1. The van der Waals surface area contributed by atoms with Crippen LogP contribution in [0.3, 0.4) is 0 Å². The molecule has 16 heavy (non-hydrogen) atoms. The van der Waals surface area contributed by atoms with Crippen LogP contribution in [0.2, 0.25) is 0 Å². The van der Waals surface area contributed by atoms with E-state index in [1.165, 1.54) is 0 Å². The Morgan fingerprint density at radius 2 is 2.25 bits per heavy atom. The fraction of sp³-hybridized carbons (Fsp3) is 0.308. The number of nitrogens with one attached hydrogen (secondary N) is 1. The molecule has 0 fully saturated rings. The highest BCUT2D eigenvalue weighted by Crippen LogP contribution is 2.01. The van der Waals surface area contributed by atoms with Crippen LogP contribution in [-0.4, -0.2) is 30.6 Å². The lowest BCUT2D eigenvalue weighted by molar-refractivity contribution is 0.203. The van der Waals surface area contributed by atoms with Crippen LogP contribution in [0.1, 0.15) is 6.42 Å². The number of hydrogen-bond acceptors (Lipinski definition) is 1. The van der Waals surface area contributed by atoms with Gasteiger partial charge in [-0.3, -0.25) is 0 Å². The molecular formula is C13H18N2O. The molecule has 0 saturated carbocycles. The summed E-state index contributed by atoms with van der Waals surface area (Å²) in [6.07, 6.45) is 10.3. The maximum atomic E-state index is 11.7. The van der Waals surface area contributed by atoms with Gasteiger partial charge in [-0.25, -0.2) is 4.79 Å². The summed E-state index contributed by atoms with van der Waals surface area (Å²) in [5.74, 6) is 0. The maximum absolute atomic E-state index is 11.7. The lowest BCUT2D eigenvalue weighted by atomic mass is 10.2. The molecule has 2 amide bonds. The molecule has 1 N–H and O–H groups in total. The Hall–Kier alpha value is -1.77. The van der Waals surface area contributed by atoms with Crippen molar-refractivity contribution in [3.8, 4) is 0 Å². The minimum Gasteiger partial charge on any atom is -0.334 e. The Labute approximate surface area is 96.8 Å². The van der Waals surface area contributed by atoms with Gasteiger partial charge in [0.15, 0.2) is 0 Å². The zero-order valence-electron chi connectivity index (χ0n) is 9.48. The molecule has 0 aromatic rings. The number of allylic oxidation sites excluding steroid dienone is 2. The van der Waals surface area contributed by atoms with Crippen LogP contribution in [0.25, 0.3) is 0 Å². The zero-order chi connectivity index (χ0) is 11.8. The van der Waals surface area contributed by atoms with Crippen molar-refractivity contribution in [3.05, 3.63) is 49.1 Å². The number of hydrogen-bond donors (Lipinski definition) is 1. The predicted molar refractivity (Wildman–Crippen MR) is 67.2 cm³/mol. The van der Waals surface area contributed by atoms with Crippen molar-refractivity contribution in [2.24, 2.45) is 0 Å². The molecule has 0 radical (unpaired) electrons. The molecule has 0 atom stereocenters. The van der Waals surface area contributed by atoms with Gasteiger partial charge in [-0.15, -0.1) is 0 Å². The second kappa shape index (κ2) is 6.67. The van der Waals surface area contributed by atoms with Gasteiger partial charge in [0.1, 0.15) is 0 Å². The van der Waals surface area contributed by atoms with Crippen LogP contribution >= 0.6 is 0 Å². The highest BCUT2D eigenvalue weighted by atomic mass is 16.2. The van der Waals surface area contributed by atoms with Crippen LogP contribution in [0, 0.1) is 0 Å². The summed E-state index contributed by atoms with van der Waals surface area (Å²) in [4.78, 5) is 13.5. The first-order valence-electron chi connectivity index (χ1n) is 5.39. The van der Waals surface area contributed by atoms with Crippen molar-refractivity contribution in [1.29, 1.82) is 0 Å². The Morgan fingerprint density at radius 1 is 1.44 bits per heavy atom. The largest absolute Gasteiger partial charge is 0.334 e. The van der Waals surface area contributed by atoms with E-state index in [0.717, 1.165) is 18.5 Å². The van der Waals surface area contributed by atoms with E-state index in [1.54, 1.807) is 17.1 Å². The van der Waals surface area contributed by atoms with E-state index in [2.05, 4.69) is 24.6 Å². The highest BCUT2D eigenvalue weighted by molar-refractivity contribution is 5.74. The van der Waals surface area contributed by atoms with E-state index in [4.69, 9.17) is 0 Å². The SMILES string of the molecule is C=C/C=C(\C=C)CNC(=O)N1CC=CCC1. The molecular weight excluding hydrogens is 200 g/mol. The lowest BCUT2D eigenvalue weighted by Gasteiger charge is -2.23. The summed E-state index contributed by atoms with van der Waals surface area (Å²) in [7, 11) is 0. The van der Waals surface area contributed by atoms with E-state index in [-0.39, 0.29) is 6.03 Å². The van der Waals surface area contributed by atoms with Crippen LogP contribution in [-0.2, 0) is 0 Å². The zero-order valence-corrected chi connectivity index (χ0v) is 9.48. The summed E-state index contributed by atoms with van der Waals surface area (Å²) in [5, 5.41) is 2.85. The van der Waals surface area contributed by atoms with Crippen LogP contribution in [0.4, 0.5) is 4.79 Å². The third-order valence-electron chi connectivity index (χ3n) is 2.38. The van der Waals surface area contributed by atoms with E-state index in [9.17, 15) is 4.79 Å². The molecule has 0 spiro atoms. The standard InChI is InChI=1S/C13H18N2O/c1-3-8-12(4-2)11-14-13(16)15-9-6-5-7-10-15/h3-6,8H,1-2,7,9-11H2,(H,14,16)/b12-8+. The first kappa shape index (κ1) is 12.3. The monoisotopic (exact) mass is 218 g/mol. The van der Waals surface area contributed by atoms with E-state index < -0.39 is 0 Å². The second-order valence-electron chi connectivity index (χ2n) is 3.55. The Kier molecular flexibility index (Phi) is 5.12. The van der Waals surface area contributed by atoms with Crippen molar-refractivity contribution in [3.63, 3.8) is 0 Å². The van der Waals surface area contributed by atoms with Gasteiger partial charge in [-0.2, -0.15) is 0 Å². The Morgan fingerprint density at radius 3 is 2.81 bits per heavy atom. The molecule has 1 heterocycles. The predicted octanol–water partition coefficient (Wildman–Crippen LogP) is 2.26. The number of amides is 2. The van der Waals surface area contributed by atoms with Crippen molar-refractivity contribution in [2.75, 3.05) is 19.6 Å². The molecule has 0 bridgehead atoms. The Bertz CT molecular complexity index is 329. The van der Waals surface area contributed by atoms with Gasteiger partial charge in [-0.05, 0) is 12.0 Å². The first-order valence-corrected chi connectivity index (χ1v) is 5.39. The number of urea groups is 1. The molecule has 1 aliphatic heterocycles. The number of rotatable bonds is 4. The van der Waals surface area contributed by atoms with Gasteiger partial charge in [0.25, 0.3) is 0 Å². The second-order valence-corrected chi connectivity index (χ2v) is 3.55. The quantitative estimate of drug-likeness (QED) is 0.569. The normalized spacial score (nSPS) is 15.8. The third kappa shape index (κ3) is 3.77. The van der Waals surface area contributed by atoms with E-state index in [0.29, 0.717) is 13.1 Å². The van der Waals surface area contributed by atoms with Gasteiger partial charge in [-0.1, -0.05) is 43.5 Å². The molecule has 0 unspecified atom stereocenters. The molecule has 3 heteroatoms. The molecule has 86 valence electrons. The first-order chi connectivity index (χ1) is 7.77. The van der Waals surface area contributed by atoms with Crippen LogP contribution in [0.15, 0.2) is 49.1 Å². The van der Waals surface area contributed by atoms with Crippen LogP contribution < -0.4 is 5.32 Å². The van der Waals surface area contributed by atoms with Gasteiger partial charge in [0, 0.05) is 19.6 Å². The minimum absolute atomic E-state index is 0.0267. The number of carbonyl (C=O) groups is 1. The van der Waals surface area contributed by atoms with Crippen molar-refractivity contribution in [1.82, 2.24) is 10.2 Å². The summed E-state index contributed by atoms with van der Waals surface area (Å²) in [5.41, 5.74) is 0.955. The highest BCUT2D eigenvalue weighted by Gasteiger charge is 2.12. The van der Waals surface area contributed by atoms with Gasteiger partial charge in [0.2, 0.25) is 0 Å².